The van der Waals surface area contributed by atoms with Gasteiger partial charge in [-0.25, -0.2) is 4.39 Å². The van der Waals surface area contributed by atoms with Crippen molar-refractivity contribution in [3.05, 3.63) is 23.5 Å². The van der Waals surface area contributed by atoms with Gasteiger partial charge in [-0.05, 0) is 31.7 Å². The van der Waals surface area contributed by atoms with Gasteiger partial charge in [0.05, 0.1) is 17.9 Å². The number of aromatic nitrogens is 1. The molecule has 3 aliphatic heterocycles. The molecule has 0 saturated carbocycles. The number of fused-ring (bicyclic) bond motifs is 1. The first-order valence-electron chi connectivity index (χ1n) is 13.5. The fourth-order valence-corrected chi connectivity index (χ4v) is 6.13. The standard InChI is InChI=1S/C28H44FN5O2/c1-8-9-28(7,29)23-10-22-21(13-31-23)27(5,6)18-34(22)25(36)16-32-14-19(2)30-12-20(32)15-33-17-26(3,4)11-24(33)35/h10,13,19-20,30H,8-9,11-12,14-18H2,1-7H3/t19-,20-,28?/m1/s1. The number of pyridine rings is 1. The minimum absolute atomic E-state index is 0.00754. The van der Waals surface area contributed by atoms with Gasteiger partial charge < -0.3 is 15.1 Å². The van der Waals surface area contributed by atoms with Gasteiger partial charge in [-0.2, -0.15) is 0 Å². The summed E-state index contributed by atoms with van der Waals surface area (Å²) < 4.78 is 15.3. The molecule has 2 fully saturated rings. The summed E-state index contributed by atoms with van der Waals surface area (Å²) >= 11 is 0. The van der Waals surface area contributed by atoms with Crippen molar-refractivity contribution in [3.63, 3.8) is 0 Å². The summed E-state index contributed by atoms with van der Waals surface area (Å²) in [6.45, 7) is 17.8. The van der Waals surface area contributed by atoms with Crippen LogP contribution >= 0.6 is 0 Å². The van der Waals surface area contributed by atoms with E-state index in [1.807, 2.05) is 16.7 Å². The van der Waals surface area contributed by atoms with Gasteiger partial charge in [0, 0.05) is 68.4 Å². The molecule has 2 amide bonds. The predicted molar refractivity (Wildman–Crippen MR) is 141 cm³/mol. The topological polar surface area (TPSA) is 68.8 Å². The van der Waals surface area contributed by atoms with Crippen molar-refractivity contribution in [2.45, 2.75) is 90.9 Å². The van der Waals surface area contributed by atoms with E-state index in [0.717, 1.165) is 37.3 Å². The Morgan fingerprint density at radius 2 is 2.00 bits per heavy atom. The van der Waals surface area contributed by atoms with Gasteiger partial charge in [0.2, 0.25) is 11.8 Å². The predicted octanol–water partition coefficient (Wildman–Crippen LogP) is 3.61. The van der Waals surface area contributed by atoms with Gasteiger partial charge in [0.15, 0.2) is 0 Å². The monoisotopic (exact) mass is 501 g/mol. The van der Waals surface area contributed by atoms with Crippen molar-refractivity contribution in [2.75, 3.05) is 44.2 Å². The molecular weight excluding hydrogens is 457 g/mol. The van der Waals surface area contributed by atoms with E-state index in [2.05, 4.69) is 49.8 Å². The van der Waals surface area contributed by atoms with Crippen LogP contribution in [0, 0.1) is 5.41 Å². The Labute approximate surface area is 215 Å². The van der Waals surface area contributed by atoms with Gasteiger partial charge >= 0.3 is 0 Å². The quantitative estimate of drug-likeness (QED) is 0.618. The minimum Gasteiger partial charge on any atom is -0.341 e. The van der Waals surface area contributed by atoms with E-state index in [4.69, 9.17) is 0 Å². The summed E-state index contributed by atoms with van der Waals surface area (Å²) in [6.07, 6.45) is 3.45. The third-order valence-corrected chi connectivity index (χ3v) is 8.11. The first-order chi connectivity index (χ1) is 16.7. The first kappa shape index (κ1) is 27.0. The maximum atomic E-state index is 15.3. The summed E-state index contributed by atoms with van der Waals surface area (Å²) in [5, 5.41) is 3.52. The van der Waals surface area contributed by atoms with Gasteiger partial charge in [0.1, 0.15) is 5.67 Å². The van der Waals surface area contributed by atoms with E-state index in [0.29, 0.717) is 31.6 Å². The lowest BCUT2D eigenvalue weighted by atomic mass is 9.87. The van der Waals surface area contributed by atoms with Crippen molar-refractivity contribution in [3.8, 4) is 0 Å². The number of anilines is 1. The fraction of sp³-hybridized carbons (Fsp3) is 0.750. The van der Waals surface area contributed by atoms with E-state index < -0.39 is 5.67 Å². The highest BCUT2D eigenvalue weighted by Gasteiger charge is 2.42. The third kappa shape index (κ3) is 5.44. The summed E-state index contributed by atoms with van der Waals surface area (Å²) in [6, 6.07) is 2.13. The average molecular weight is 502 g/mol. The maximum Gasteiger partial charge on any atom is 0.241 e. The van der Waals surface area contributed by atoms with Crippen LogP contribution in [-0.4, -0.2) is 78.0 Å². The van der Waals surface area contributed by atoms with Crippen LogP contribution in [0.25, 0.3) is 0 Å². The average Bonchev–Trinajstić information content (AvgIpc) is 3.20. The smallest absolute Gasteiger partial charge is 0.241 e. The molecule has 1 aromatic heterocycles. The Morgan fingerprint density at radius 3 is 2.64 bits per heavy atom. The first-order valence-corrected chi connectivity index (χ1v) is 13.5. The Kier molecular flexibility index (Phi) is 7.25. The normalized spacial score (nSPS) is 27.3. The summed E-state index contributed by atoms with van der Waals surface area (Å²) in [5.74, 6) is 0.212. The molecule has 8 heteroatoms. The number of hydrogen-bond acceptors (Lipinski definition) is 5. The SMILES string of the molecule is CCCC(C)(F)c1cc2c(cn1)C(C)(C)CN2C(=O)CN1C[C@@H](C)NC[C@@H]1CN1CC(C)(C)CC1=O. The number of halogens is 1. The number of hydrogen-bond donors (Lipinski definition) is 1. The molecule has 7 nitrogen and oxygen atoms in total. The van der Waals surface area contributed by atoms with Crippen molar-refractivity contribution in [1.82, 2.24) is 20.1 Å². The lowest BCUT2D eigenvalue weighted by molar-refractivity contribution is -0.128. The molecule has 3 atom stereocenters. The molecule has 4 heterocycles. The van der Waals surface area contributed by atoms with E-state index in [1.54, 1.807) is 19.2 Å². The number of likely N-dealkylation sites (tertiary alicyclic amines) is 1. The molecular formula is C28H44FN5O2. The van der Waals surface area contributed by atoms with Crippen molar-refractivity contribution in [2.24, 2.45) is 5.41 Å². The molecule has 0 aromatic carbocycles. The van der Waals surface area contributed by atoms with Crippen molar-refractivity contribution >= 4 is 17.5 Å². The Morgan fingerprint density at radius 1 is 1.28 bits per heavy atom. The van der Waals surface area contributed by atoms with Gasteiger partial charge in [-0.3, -0.25) is 19.5 Å². The van der Waals surface area contributed by atoms with Gasteiger partial charge in [-0.1, -0.05) is 41.0 Å². The molecule has 0 spiro atoms. The van der Waals surface area contributed by atoms with Crippen LogP contribution < -0.4 is 10.2 Å². The Bertz CT molecular complexity index is 1010. The number of carbonyl (C=O) groups excluding carboxylic acids is 2. The zero-order valence-electron chi connectivity index (χ0n) is 23.2. The lowest BCUT2D eigenvalue weighted by Gasteiger charge is -2.41. The summed E-state index contributed by atoms with van der Waals surface area (Å²) in [7, 11) is 0. The zero-order valence-corrected chi connectivity index (χ0v) is 23.2. The second kappa shape index (κ2) is 9.67. The van der Waals surface area contributed by atoms with Crippen LogP contribution in [0.4, 0.5) is 10.1 Å². The second-order valence-electron chi connectivity index (χ2n) is 12.9. The summed E-state index contributed by atoms with van der Waals surface area (Å²) in [5.41, 5.74) is 0.375. The zero-order chi connectivity index (χ0) is 26.5. The molecule has 0 bridgehead atoms. The van der Waals surface area contributed by atoms with Crippen LogP contribution in [0.2, 0.25) is 0 Å². The van der Waals surface area contributed by atoms with Gasteiger partial charge in [-0.15, -0.1) is 0 Å². The molecule has 0 aliphatic carbocycles. The number of alkyl halides is 1. The van der Waals surface area contributed by atoms with Crippen LogP contribution in [0.15, 0.2) is 12.3 Å². The van der Waals surface area contributed by atoms with E-state index in [1.165, 1.54) is 0 Å². The number of amides is 2. The Hall–Kier alpha value is -2.06. The Balaban J connectivity index is 1.54. The van der Waals surface area contributed by atoms with Crippen molar-refractivity contribution in [1.29, 1.82) is 0 Å². The molecule has 36 heavy (non-hydrogen) atoms. The molecule has 2 saturated heterocycles. The molecule has 200 valence electrons. The van der Waals surface area contributed by atoms with Gasteiger partial charge in [0.25, 0.3) is 0 Å². The highest BCUT2D eigenvalue weighted by Crippen LogP contribution is 2.42. The third-order valence-electron chi connectivity index (χ3n) is 8.11. The summed E-state index contributed by atoms with van der Waals surface area (Å²) in [4.78, 5) is 36.9. The number of carbonyl (C=O) groups is 2. The molecule has 1 N–H and O–H groups in total. The number of nitrogens with one attached hydrogen (secondary N) is 1. The number of nitrogens with zero attached hydrogens (tertiary/aromatic N) is 4. The van der Waals surface area contributed by atoms with Crippen LogP contribution in [-0.2, 0) is 20.7 Å². The lowest BCUT2D eigenvalue weighted by Crippen LogP contribution is -2.61. The minimum atomic E-state index is -1.53. The second-order valence-corrected chi connectivity index (χ2v) is 12.9. The maximum absolute atomic E-state index is 15.3. The molecule has 3 aliphatic rings. The van der Waals surface area contributed by atoms with Crippen LogP contribution in [0.5, 0.6) is 0 Å². The van der Waals surface area contributed by atoms with E-state index in [9.17, 15) is 9.59 Å². The number of piperazine rings is 1. The molecule has 1 unspecified atom stereocenters. The number of rotatable bonds is 7. The molecule has 4 rings (SSSR count). The van der Waals surface area contributed by atoms with Crippen molar-refractivity contribution < 1.29 is 14.0 Å². The highest BCUT2D eigenvalue weighted by molar-refractivity contribution is 5.97. The van der Waals surface area contributed by atoms with Crippen LogP contribution in [0.1, 0.15) is 79.0 Å². The molecule has 0 radical (unpaired) electrons. The van der Waals surface area contributed by atoms with Crippen LogP contribution in [0.3, 0.4) is 0 Å². The largest absolute Gasteiger partial charge is 0.341 e. The fourth-order valence-electron chi connectivity index (χ4n) is 6.13. The van der Waals surface area contributed by atoms with E-state index in [-0.39, 0.29) is 41.3 Å². The van der Waals surface area contributed by atoms with E-state index >= 15 is 4.39 Å². The highest BCUT2D eigenvalue weighted by atomic mass is 19.1. The molecule has 1 aromatic rings.